The summed E-state index contributed by atoms with van der Waals surface area (Å²) in [4.78, 5) is 2.45. The second-order valence-corrected chi connectivity index (χ2v) is 5.25. The Balaban J connectivity index is 1.96. The van der Waals surface area contributed by atoms with Crippen LogP contribution >= 0.6 is 0 Å². The fraction of sp³-hybridized carbons (Fsp3) is 0.600. The molecule has 0 saturated carbocycles. The van der Waals surface area contributed by atoms with E-state index >= 15 is 0 Å². The summed E-state index contributed by atoms with van der Waals surface area (Å²) >= 11 is 0. The molecule has 2 unspecified atom stereocenters. The molecule has 1 aliphatic heterocycles. The van der Waals surface area contributed by atoms with Gasteiger partial charge in [-0.05, 0) is 50.9 Å². The normalized spacial score (nSPS) is 25.8. The molecule has 0 aromatic heterocycles. The molecular weight excluding hydrogens is 208 g/mol. The van der Waals surface area contributed by atoms with E-state index in [1.165, 1.54) is 30.6 Å². The van der Waals surface area contributed by atoms with Crippen molar-refractivity contribution >= 4 is 5.69 Å². The van der Waals surface area contributed by atoms with Gasteiger partial charge in [0.2, 0.25) is 0 Å². The molecule has 1 fully saturated rings. The maximum absolute atomic E-state index is 3.68. The van der Waals surface area contributed by atoms with Crippen LogP contribution in [0.1, 0.15) is 32.3 Å². The number of rotatable bonds is 3. The molecule has 0 amide bonds. The summed E-state index contributed by atoms with van der Waals surface area (Å²) in [6, 6.07) is 10.1. The molecule has 2 nitrogen and oxygen atoms in total. The summed E-state index contributed by atoms with van der Waals surface area (Å²) in [5.41, 5.74) is 2.70. The maximum Gasteiger partial charge on any atom is 0.0345 e. The SMILES string of the molecule is CCc1cccc(NC2CCN(C)C(C)C2)c1. The zero-order valence-electron chi connectivity index (χ0n) is 11.2. The van der Waals surface area contributed by atoms with Gasteiger partial charge in [0.1, 0.15) is 0 Å². The smallest absolute Gasteiger partial charge is 0.0345 e. The van der Waals surface area contributed by atoms with Gasteiger partial charge >= 0.3 is 0 Å². The lowest BCUT2D eigenvalue weighted by atomic mass is 9.98. The van der Waals surface area contributed by atoms with Gasteiger partial charge in [-0.3, -0.25) is 0 Å². The Morgan fingerprint density at radius 1 is 1.41 bits per heavy atom. The van der Waals surface area contributed by atoms with Gasteiger partial charge in [0.15, 0.2) is 0 Å². The molecular formula is C15H24N2. The van der Waals surface area contributed by atoms with Gasteiger partial charge in [0.05, 0.1) is 0 Å². The lowest BCUT2D eigenvalue weighted by Gasteiger charge is -2.35. The van der Waals surface area contributed by atoms with Crippen LogP contribution in [0, 0.1) is 0 Å². The molecule has 2 heteroatoms. The van der Waals surface area contributed by atoms with E-state index in [1.54, 1.807) is 0 Å². The van der Waals surface area contributed by atoms with Gasteiger partial charge in [-0.15, -0.1) is 0 Å². The minimum Gasteiger partial charge on any atom is -0.382 e. The molecule has 0 spiro atoms. The number of piperidine rings is 1. The largest absolute Gasteiger partial charge is 0.382 e. The first kappa shape index (κ1) is 12.4. The summed E-state index contributed by atoms with van der Waals surface area (Å²) in [6.45, 7) is 5.72. The number of aryl methyl sites for hydroxylation is 1. The number of anilines is 1. The molecule has 0 radical (unpaired) electrons. The Morgan fingerprint density at radius 3 is 2.94 bits per heavy atom. The Hall–Kier alpha value is -1.02. The van der Waals surface area contributed by atoms with Gasteiger partial charge in [0.25, 0.3) is 0 Å². The maximum atomic E-state index is 3.68. The molecule has 1 aliphatic rings. The molecule has 1 aromatic rings. The van der Waals surface area contributed by atoms with Crippen molar-refractivity contribution in [1.82, 2.24) is 4.90 Å². The van der Waals surface area contributed by atoms with E-state index in [9.17, 15) is 0 Å². The number of hydrogen-bond acceptors (Lipinski definition) is 2. The van der Waals surface area contributed by atoms with E-state index in [1.807, 2.05) is 0 Å². The quantitative estimate of drug-likeness (QED) is 0.861. The standard InChI is InChI=1S/C15H24N2/c1-4-13-6-5-7-14(11-13)16-15-8-9-17(3)12(2)10-15/h5-7,11-12,15-16H,4,8-10H2,1-3H3. The van der Waals surface area contributed by atoms with Crippen LogP contribution in [0.25, 0.3) is 0 Å². The second kappa shape index (κ2) is 5.54. The van der Waals surface area contributed by atoms with Crippen LogP contribution in [-0.4, -0.2) is 30.6 Å². The van der Waals surface area contributed by atoms with Crippen molar-refractivity contribution in [3.63, 3.8) is 0 Å². The Labute approximate surface area is 105 Å². The highest BCUT2D eigenvalue weighted by Crippen LogP contribution is 2.20. The highest BCUT2D eigenvalue weighted by Gasteiger charge is 2.22. The van der Waals surface area contributed by atoms with Crippen LogP contribution in [-0.2, 0) is 6.42 Å². The lowest BCUT2D eigenvalue weighted by Crippen LogP contribution is -2.42. The summed E-state index contributed by atoms with van der Waals surface area (Å²) in [6.07, 6.45) is 3.60. The average molecular weight is 232 g/mol. The summed E-state index contributed by atoms with van der Waals surface area (Å²) in [5.74, 6) is 0. The van der Waals surface area contributed by atoms with E-state index in [4.69, 9.17) is 0 Å². The minimum atomic E-state index is 0.633. The van der Waals surface area contributed by atoms with Gasteiger partial charge in [-0.25, -0.2) is 0 Å². The fourth-order valence-corrected chi connectivity index (χ4v) is 2.54. The monoisotopic (exact) mass is 232 g/mol. The van der Waals surface area contributed by atoms with E-state index in [0.29, 0.717) is 12.1 Å². The van der Waals surface area contributed by atoms with Crippen molar-refractivity contribution in [2.45, 2.75) is 45.2 Å². The zero-order chi connectivity index (χ0) is 12.3. The second-order valence-electron chi connectivity index (χ2n) is 5.25. The first-order valence-corrected chi connectivity index (χ1v) is 6.74. The van der Waals surface area contributed by atoms with E-state index in [2.05, 4.69) is 55.4 Å². The summed E-state index contributed by atoms with van der Waals surface area (Å²) in [5, 5.41) is 3.68. The van der Waals surface area contributed by atoms with Crippen molar-refractivity contribution in [2.24, 2.45) is 0 Å². The fourth-order valence-electron chi connectivity index (χ4n) is 2.54. The molecule has 94 valence electrons. The van der Waals surface area contributed by atoms with Gasteiger partial charge in [-0.2, -0.15) is 0 Å². The van der Waals surface area contributed by atoms with Crippen molar-refractivity contribution < 1.29 is 0 Å². The third kappa shape index (κ3) is 3.22. The average Bonchev–Trinajstić information content (AvgIpc) is 2.34. The lowest BCUT2D eigenvalue weighted by molar-refractivity contribution is 0.190. The van der Waals surface area contributed by atoms with Crippen molar-refractivity contribution in [3.8, 4) is 0 Å². The number of nitrogens with one attached hydrogen (secondary N) is 1. The van der Waals surface area contributed by atoms with Crippen LogP contribution in [0.2, 0.25) is 0 Å². The number of likely N-dealkylation sites (tertiary alicyclic amines) is 1. The Kier molecular flexibility index (Phi) is 4.06. The number of nitrogens with zero attached hydrogens (tertiary/aromatic N) is 1. The molecule has 1 saturated heterocycles. The topological polar surface area (TPSA) is 15.3 Å². The molecule has 2 rings (SSSR count). The van der Waals surface area contributed by atoms with Crippen LogP contribution < -0.4 is 5.32 Å². The van der Waals surface area contributed by atoms with E-state index in [-0.39, 0.29) is 0 Å². The summed E-state index contributed by atoms with van der Waals surface area (Å²) < 4.78 is 0. The molecule has 1 heterocycles. The van der Waals surface area contributed by atoms with Gasteiger partial charge < -0.3 is 10.2 Å². The number of benzene rings is 1. The predicted octanol–water partition coefficient (Wildman–Crippen LogP) is 3.14. The van der Waals surface area contributed by atoms with Crippen molar-refractivity contribution in [1.29, 1.82) is 0 Å². The Bertz CT molecular complexity index is 362. The molecule has 0 bridgehead atoms. The first-order valence-electron chi connectivity index (χ1n) is 6.74. The van der Waals surface area contributed by atoms with Crippen LogP contribution in [0.15, 0.2) is 24.3 Å². The Morgan fingerprint density at radius 2 is 2.24 bits per heavy atom. The minimum absolute atomic E-state index is 0.633. The predicted molar refractivity (Wildman–Crippen MR) is 74.6 cm³/mol. The van der Waals surface area contributed by atoms with Gasteiger partial charge in [-0.1, -0.05) is 19.1 Å². The van der Waals surface area contributed by atoms with E-state index < -0.39 is 0 Å². The van der Waals surface area contributed by atoms with Crippen molar-refractivity contribution in [3.05, 3.63) is 29.8 Å². The summed E-state index contributed by atoms with van der Waals surface area (Å²) in [7, 11) is 2.22. The van der Waals surface area contributed by atoms with Crippen LogP contribution in [0.4, 0.5) is 5.69 Å². The molecule has 1 N–H and O–H groups in total. The molecule has 2 atom stereocenters. The molecule has 0 aliphatic carbocycles. The highest BCUT2D eigenvalue weighted by atomic mass is 15.1. The third-order valence-corrected chi connectivity index (χ3v) is 3.91. The number of hydrogen-bond donors (Lipinski definition) is 1. The molecule has 1 aromatic carbocycles. The molecule has 17 heavy (non-hydrogen) atoms. The van der Waals surface area contributed by atoms with Gasteiger partial charge in [0, 0.05) is 24.3 Å². The van der Waals surface area contributed by atoms with Crippen LogP contribution in [0.3, 0.4) is 0 Å². The third-order valence-electron chi connectivity index (χ3n) is 3.91. The highest BCUT2D eigenvalue weighted by molar-refractivity contribution is 5.46. The first-order chi connectivity index (χ1) is 8.19. The zero-order valence-corrected chi connectivity index (χ0v) is 11.2. The van der Waals surface area contributed by atoms with E-state index in [0.717, 1.165) is 6.42 Å². The van der Waals surface area contributed by atoms with Crippen molar-refractivity contribution in [2.75, 3.05) is 18.9 Å². The van der Waals surface area contributed by atoms with Crippen LogP contribution in [0.5, 0.6) is 0 Å².